The van der Waals surface area contributed by atoms with Gasteiger partial charge in [0, 0.05) is 36.7 Å². The normalized spacial score (nSPS) is 22.4. The van der Waals surface area contributed by atoms with E-state index in [-0.39, 0.29) is 17.6 Å². The van der Waals surface area contributed by atoms with Crippen molar-refractivity contribution in [3.63, 3.8) is 0 Å². The van der Waals surface area contributed by atoms with Gasteiger partial charge in [0.25, 0.3) is 0 Å². The van der Waals surface area contributed by atoms with Gasteiger partial charge in [-0.15, -0.1) is 13.2 Å². The summed E-state index contributed by atoms with van der Waals surface area (Å²) in [5.41, 5.74) is 0.886. The number of hydrogen-bond acceptors (Lipinski definition) is 4. The van der Waals surface area contributed by atoms with Crippen LogP contribution in [0.2, 0.25) is 0 Å². The molecule has 2 aliphatic rings. The molecule has 0 bridgehead atoms. The second-order valence-electron chi connectivity index (χ2n) is 7.47. The van der Waals surface area contributed by atoms with Gasteiger partial charge in [0.2, 0.25) is 0 Å². The highest BCUT2D eigenvalue weighted by Crippen LogP contribution is 2.47. The number of anilines is 1. The van der Waals surface area contributed by atoms with Crippen LogP contribution in [0, 0.1) is 17.7 Å². The lowest BCUT2D eigenvalue weighted by atomic mass is 9.85. The predicted octanol–water partition coefficient (Wildman–Crippen LogP) is 4.58. The zero-order valence-electron chi connectivity index (χ0n) is 16.5. The Bertz CT molecular complexity index is 951. The van der Waals surface area contributed by atoms with Crippen molar-refractivity contribution in [3.05, 3.63) is 53.8 Å². The maximum atomic E-state index is 13.9. The van der Waals surface area contributed by atoms with E-state index in [1.807, 2.05) is 0 Å². The number of hydrogen-bond donors (Lipinski definition) is 1. The van der Waals surface area contributed by atoms with Crippen LogP contribution >= 0.6 is 0 Å². The number of urea groups is 1. The van der Waals surface area contributed by atoms with Gasteiger partial charge in [0.05, 0.1) is 19.3 Å². The number of benzene rings is 2. The van der Waals surface area contributed by atoms with Crippen LogP contribution in [0.25, 0.3) is 0 Å². The molecule has 3 atom stereocenters. The van der Waals surface area contributed by atoms with Crippen molar-refractivity contribution in [2.24, 2.45) is 11.8 Å². The van der Waals surface area contributed by atoms with E-state index in [1.54, 1.807) is 18.1 Å². The Morgan fingerprint density at radius 2 is 1.97 bits per heavy atom. The maximum Gasteiger partial charge on any atom is 0.573 e. The van der Waals surface area contributed by atoms with Crippen LogP contribution in [-0.2, 0) is 4.74 Å². The Morgan fingerprint density at radius 3 is 2.65 bits per heavy atom. The SMILES string of the molecule is COC[C@@H]1CN(C(=O)Nc2ccc(OC(F)(F)F)cc2)[C@H]2c3cc(F)ccc3OC[C@@H]12. The molecule has 0 aliphatic carbocycles. The van der Waals surface area contributed by atoms with Crippen molar-refractivity contribution < 1.29 is 36.6 Å². The molecule has 2 aliphatic heterocycles. The second kappa shape index (κ2) is 8.26. The zero-order valence-corrected chi connectivity index (χ0v) is 16.5. The Hall–Kier alpha value is -3.01. The summed E-state index contributed by atoms with van der Waals surface area (Å²) in [5, 5.41) is 2.69. The summed E-state index contributed by atoms with van der Waals surface area (Å²) in [7, 11) is 1.57. The average molecular weight is 440 g/mol. The Balaban J connectivity index is 1.55. The number of rotatable bonds is 4. The predicted molar refractivity (Wildman–Crippen MR) is 102 cm³/mol. The van der Waals surface area contributed by atoms with Gasteiger partial charge in [-0.1, -0.05) is 0 Å². The lowest BCUT2D eigenvalue weighted by Crippen LogP contribution is -2.38. The molecular weight excluding hydrogens is 420 g/mol. The fraction of sp³-hybridized carbons (Fsp3) is 0.381. The van der Waals surface area contributed by atoms with Gasteiger partial charge in [-0.3, -0.25) is 0 Å². The molecule has 166 valence electrons. The Kier molecular flexibility index (Phi) is 5.65. The first kappa shape index (κ1) is 21.2. The van der Waals surface area contributed by atoms with Crippen molar-refractivity contribution in [2.45, 2.75) is 12.4 Å². The molecule has 6 nitrogen and oxygen atoms in total. The highest BCUT2D eigenvalue weighted by atomic mass is 19.4. The summed E-state index contributed by atoms with van der Waals surface area (Å²) in [4.78, 5) is 14.6. The van der Waals surface area contributed by atoms with E-state index in [9.17, 15) is 22.4 Å². The average Bonchev–Trinajstić information content (AvgIpc) is 3.08. The molecule has 2 amide bonds. The summed E-state index contributed by atoms with van der Waals surface area (Å²) in [6, 6.07) is 8.21. The molecule has 0 spiro atoms. The quantitative estimate of drug-likeness (QED) is 0.707. The highest BCUT2D eigenvalue weighted by Gasteiger charge is 2.48. The van der Waals surface area contributed by atoms with Gasteiger partial charge in [0.1, 0.15) is 17.3 Å². The molecule has 2 aromatic carbocycles. The topological polar surface area (TPSA) is 60.0 Å². The van der Waals surface area contributed by atoms with E-state index < -0.39 is 24.3 Å². The van der Waals surface area contributed by atoms with Gasteiger partial charge in [0.15, 0.2) is 0 Å². The van der Waals surface area contributed by atoms with Crippen LogP contribution in [0.1, 0.15) is 11.6 Å². The van der Waals surface area contributed by atoms with Crippen LogP contribution in [0.3, 0.4) is 0 Å². The monoisotopic (exact) mass is 440 g/mol. The number of fused-ring (bicyclic) bond motifs is 3. The standard InChI is InChI=1S/C21H20F4N2O4/c1-29-10-12-9-27(19-16-8-13(22)2-7-18(16)30-11-17(12)19)20(28)26-14-3-5-15(6-4-14)31-21(23,24)25/h2-8,12,17,19H,9-11H2,1H3,(H,26,28)/t12-,17-,19-/m0/s1. The Labute approximate surface area is 175 Å². The molecule has 4 rings (SSSR count). The molecule has 0 radical (unpaired) electrons. The molecule has 31 heavy (non-hydrogen) atoms. The number of alkyl halides is 3. The number of nitrogens with one attached hydrogen (secondary N) is 1. The highest BCUT2D eigenvalue weighted by molar-refractivity contribution is 5.90. The molecule has 1 N–H and O–H groups in total. The minimum Gasteiger partial charge on any atom is -0.493 e. The largest absolute Gasteiger partial charge is 0.573 e. The molecule has 2 aromatic rings. The maximum absolute atomic E-state index is 13.9. The van der Waals surface area contributed by atoms with E-state index in [0.29, 0.717) is 36.8 Å². The van der Waals surface area contributed by atoms with Gasteiger partial charge in [-0.25, -0.2) is 9.18 Å². The van der Waals surface area contributed by atoms with Crippen LogP contribution in [0.5, 0.6) is 11.5 Å². The first-order valence-corrected chi connectivity index (χ1v) is 9.60. The molecule has 1 fully saturated rings. The van der Waals surface area contributed by atoms with Gasteiger partial charge >= 0.3 is 12.4 Å². The van der Waals surface area contributed by atoms with E-state index in [0.717, 1.165) is 12.1 Å². The van der Waals surface area contributed by atoms with Crippen molar-refractivity contribution in [1.82, 2.24) is 4.90 Å². The first-order valence-electron chi connectivity index (χ1n) is 9.60. The number of likely N-dealkylation sites (tertiary alicyclic amines) is 1. The van der Waals surface area contributed by atoms with Gasteiger partial charge < -0.3 is 24.4 Å². The lowest BCUT2D eigenvalue weighted by molar-refractivity contribution is -0.274. The van der Waals surface area contributed by atoms with Crippen LogP contribution in [-0.4, -0.2) is 44.2 Å². The van der Waals surface area contributed by atoms with Crippen molar-refractivity contribution >= 4 is 11.7 Å². The number of methoxy groups -OCH3 is 1. The fourth-order valence-corrected chi connectivity index (χ4v) is 4.22. The van der Waals surface area contributed by atoms with Gasteiger partial charge in [-0.2, -0.15) is 0 Å². The molecule has 0 unspecified atom stereocenters. The second-order valence-corrected chi connectivity index (χ2v) is 7.47. The number of ether oxygens (including phenoxy) is 3. The molecule has 10 heteroatoms. The van der Waals surface area contributed by atoms with Crippen LogP contribution in [0.4, 0.5) is 28.0 Å². The summed E-state index contributed by atoms with van der Waals surface area (Å²) >= 11 is 0. The van der Waals surface area contributed by atoms with Crippen molar-refractivity contribution in [3.8, 4) is 11.5 Å². The third kappa shape index (κ3) is 4.53. The molecule has 0 aromatic heterocycles. The van der Waals surface area contributed by atoms with Gasteiger partial charge in [-0.05, 0) is 42.5 Å². The number of carbonyl (C=O) groups is 1. The van der Waals surface area contributed by atoms with E-state index >= 15 is 0 Å². The van der Waals surface area contributed by atoms with Crippen LogP contribution < -0.4 is 14.8 Å². The minimum atomic E-state index is -4.79. The number of amides is 2. The summed E-state index contributed by atoms with van der Waals surface area (Å²) in [6.07, 6.45) is -4.79. The summed E-state index contributed by atoms with van der Waals surface area (Å²) < 4.78 is 65.8. The number of carbonyl (C=O) groups excluding carboxylic acids is 1. The molecule has 2 heterocycles. The van der Waals surface area contributed by atoms with E-state index in [4.69, 9.17) is 9.47 Å². The third-order valence-electron chi connectivity index (χ3n) is 5.48. The lowest BCUT2D eigenvalue weighted by Gasteiger charge is -2.34. The Morgan fingerprint density at radius 1 is 1.23 bits per heavy atom. The molecular formula is C21H20F4N2O4. The first-order chi connectivity index (χ1) is 14.7. The summed E-state index contributed by atoms with van der Waals surface area (Å²) in [6.45, 7) is 1.14. The number of nitrogens with zero attached hydrogens (tertiary/aromatic N) is 1. The van der Waals surface area contributed by atoms with Crippen molar-refractivity contribution in [1.29, 1.82) is 0 Å². The molecule has 0 saturated carbocycles. The smallest absolute Gasteiger partial charge is 0.493 e. The van der Waals surface area contributed by atoms with Crippen LogP contribution in [0.15, 0.2) is 42.5 Å². The minimum absolute atomic E-state index is 0.0141. The third-order valence-corrected chi connectivity index (χ3v) is 5.48. The van der Waals surface area contributed by atoms with Crippen molar-refractivity contribution in [2.75, 3.05) is 32.2 Å². The van der Waals surface area contributed by atoms with E-state index in [1.165, 1.54) is 24.3 Å². The zero-order chi connectivity index (χ0) is 22.2. The number of halogens is 4. The fourth-order valence-electron chi connectivity index (χ4n) is 4.22. The molecule has 1 saturated heterocycles. The van der Waals surface area contributed by atoms with E-state index in [2.05, 4.69) is 10.1 Å². The summed E-state index contributed by atoms with van der Waals surface area (Å²) in [5.74, 6) is -0.394.